The molecule has 2 aromatic carbocycles. The summed E-state index contributed by atoms with van der Waals surface area (Å²) in [5.41, 5.74) is 8.46. The number of anilines is 1. The predicted molar refractivity (Wildman–Crippen MR) is 127 cm³/mol. The third-order valence-electron chi connectivity index (χ3n) is 5.28. The minimum absolute atomic E-state index is 0. The van der Waals surface area contributed by atoms with Crippen LogP contribution in [0.15, 0.2) is 54.6 Å². The van der Waals surface area contributed by atoms with Gasteiger partial charge in [-0.15, -0.1) is 24.8 Å². The standard InChI is InChI=1S/C22H26N6O.2ClH/c23-14-20-25-21(27-26-20)17-9-11-18(12-10-17)24-22(29)19-8-4-5-13-28(19)15-16-6-2-1-3-7-16;;/h1-3,6-7,9-12,19H,4-5,8,13-15,23H2,(H,24,29)(H,25,26,27);2*1H. The first-order valence-electron chi connectivity index (χ1n) is 10.0. The fourth-order valence-electron chi connectivity index (χ4n) is 3.74. The molecule has 1 amide bonds. The minimum Gasteiger partial charge on any atom is -0.325 e. The lowest BCUT2D eigenvalue weighted by atomic mass is 10.00. The molecule has 1 aromatic heterocycles. The van der Waals surface area contributed by atoms with Crippen LogP contribution in [0.3, 0.4) is 0 Å². The van der Waals surface area contributed by atoms with Gasteiger partial charge < -0.3 is 11.1 Å². The van der Waals surface area contributed by atoms with Gasteiger partial charge in [-0.25, -0.2) is 4.98 Å². The van der Waals surface area contributed by atoms with Crippen LogP contribution in [0, 0.1) is 0 Å². The summed E-state index contributed by atoms with van der Waals surface area (Å²) in [6.07, 6.45) is 3.10. The van der Waals surface area contributed by atoms with E-state index >= 15 is 0 Å². The molecule has 0 bridgehead atoms. The van der Waals surface area contributed by atoms with Crippen LogP contribution in [-0.4, -0.2) is 38.6 Å². The number of carbonyl (C=O) groups is 1. The number of amides is 1. The van der Waals surface area contributed by atoms with Gasteiger partial charge in [-0.2, -0.15) is 5.10 Å². The highest BCUT2D eigenvalue weighted by Gasteiger charge is 2.28. The summed E-state index contributed by atoms with van der Waals surface area (Å²) < 4.78 is 0. The van der Waals surface area contributed by atoms with Crippen LogP contribution in [-0.2, 0) is 17.9 Å². The number of H-pyrrole nitrogens is 1. The number of carbonyl (C=O) groups excluding carboxylic acids is 1. The highest BCUT2D eigenvalue weighted by Crippen LogP contribution is 2.22. The molecule has 1 fully saturated rings. The molecule has 3 aromatic rings. The molecule has 7 nitrogen and oxygen atoms in total. The third kappa shape index (κ3) is 6.27. The van der Waals surface area contributed by atoms with Crippen LogP contribution in [0.25, 0.3) is 11.4 Å². The Hall–Kier alpha value is -2.45. The molecule has 1 aliphatic rings. The van der Waals surface area contributed by atoms with Crippen molar-refractivity contribution in [2.45, 2.75) is 38.4 Å². The normalized spacial score (nSPS) is 16.1. The van der Waals surface area contributed by atoms with Crippen molar-refractivity contribution in [2.24, 2.45) is 5.73 Å². The van der Waals surface area contributed by atoms with Gasteiger partial charge in [-0.3, -0.25) is 14.8 Å². The van der Waals surface area contributed by atoms with Gasteiger partial charge in [0.25, 0.3) is 0 Å². The van der Waals surface area contributed by atoms with Crippen molar-refractivity contribution in [3.8, 4) is 11.4 Å². The number of rotatable bonds is 6. The molecule has 0 radical (unpaired) electrons. The number of benzene rings is 2. The Balaban J connectivity index is 0.00000171. The van der Waals surface area contributed by atoms with E-state index in [1.165, 1.54) is 5.56 Å². The van der Waals surface area contributed by atoms with E-state index in [4.69, 9.17) is 5.73 Å². The molecule has 31 heavy (non-hydrogen) atoms. The van der Waals surface area contributed by atoms with Gasteiger partial charge in [0, 0.05) is 17.8 Å². The molecule has 4 rings (SSSR count). The molecule has 1 saturated heterocycles. The van der Waals surface area contributed by atoms with E-state index in [0.717, 1.165) is 43.6 Å². The Morgan fingerprint density at radius 1 is 1.10 bits per heavy atom. The average molecular weight is 463 g/mol. The van der Waals surface area contributed by atoms with Crippen LogP contribution >= 0.6 is 24.8 Å². The molecule has 2 heterocycles. The second kappa shape index (κ2) is 11.8. The van der Waals surface area contributed by atoms with E-state index < -0.39 is 0 Å². The van der Waals surface area contributed by atoms with Gasteiger partial charge in [0.15, 0.2) is 5.82 Å². The molecule has 1 atom stereocenters. The molecule has 9 heteroatoms. The van der Waals surface area contributed by atoms with Gasteiger partial charge in [-0.1, -0.05) is 36.8 Å². The van der Waals surface area contributed by atoms with Crippen LogP contribution in [0.5, 0.6) is 0 Å². The van der Waals surface area contributed by atoms with Crippen molar-refractivity contribution < 1.29 is 4.79 Å². The van der Waals surface area contributed by atoms with Crippen LogP contribution in [0.1, 0.15) is 30.7 Å². The number of nitrogens with one attached hydrogen (secondary N) is 2. The second-order valence-corrected chi connectivity index (χ2v) is 7.34. The van der Waals surface area contributed by atoms with E-state index in [-0.39, 0.29) is 36.8 Å². The molecule has 166 valence electrons. The zero-order valence-corrected chi connectivity index (χ0v) is 18.8. The average Bonchev–Trinajstić information content (AvgIpc) is 3.25. The van der Waals surface area contributed by atoms with E-state index in [1.807, 2.05) is 42.5 Å². The lowest BCUT2D eigenvalue weighted by Crippen LogP contribution is -2.46. The summed E-state index contributed by atoms with van der Waals surface area (Å²) in [5, 5.41) is 10.0. The van der Waals surface area contributed by atoms with Crippen molar-refractivity contribution in [1.82, 2.24) is 20.1 Å². The molecule has 4 N–H and O–H groups in total. The quantitative estimate of drug-likeness (QED) is 0.517. The molecule has 0 aliphatic carbocycles. The number of halogens is 2. The SMILES string of the molecule is Cl.Cl.NCc1nc(-c2ccc(NC(=O)C3CCCCN3Cc3ccccc3)cc2)n[nH]1. The largest absolute Gasteiger partial charge is 0.325 e. The van der Waals surface area contributed by atoms with E-state index in [0.29, 0.717) is 18.2 Å². The number of nitrogens with zero attached hydrogens (tertiary/aromatic N) is 3. The summed E-state index contributed by atoms with van der Waals surface area (Å²) >= 11 is 0. The summed E-state index contributed by atoms with van der Waals surface area (Å²) in [4.78, 5) is 19.6. The molecule has 1 aliphatic heterocycles. The number of piperidine rings is 1. The Labute approximate surface area is 194 Å². The fraction of sp³-hybridized carbons (Fsp3) is 0.318. The minimum atomic E-state index is -0.108. The Morgan fingerprint density at radius 2 is 1.84 bits per heavy atom. The zero-order chi connectivity index (χ0) is 20.1. The molecular formula is C22H28Cl2N6O. The lowest BCUT2D eigenvalue weighted by Gasteiger charge is -2.34. The van der Waals surface area contributed by atoms with Gasteiger partial charge in [0.1, 0.15) is 5.82 Å². The maximum absolute atomic E-state index is 13.0. The highest BCUT2D eigenvalue weighted by molar-refractivity contribution is 5.95. The van der Waals surface area contributed by atoms with E-state index in [2.05, 4.69) is 37.5 Å². The number of likely N-dealkylation sites (tertiary alicyclic amines) is 1. The predicted octanol–water partition coefficient (Wildman–Crippen LogP) is 3.77. The van der Waals surface area contributed by atoms with Crippen molar-refractivity contribution in [2.75, 3.05) is 11.9 Å². The van der Waals surface area contributed by atoms with Crippen LogP contribution < -0.4 is 11.1 Å². The van der Waals surface area contributed by atoms with Crippen LogP contribution in [0.2, 0.25) is 0 Å². The Morgan fingerprint density at radius 3 is 2.52 bits per heavy atom. The molecule has 0 saturated carbocycles. The van der Waals surface area contributed by atoms with Crippen LogP contribution in [0.4, 0.5) is 5.69 Å². The van der Waals surface area contributed by atoms with Gasteiger partial charge in [-0.05, 0) is 49.2 Å². The smallest absolute Gasteiger partial charge is 0.241 e. The lowest BCUT2D eigenvalue weighted by molar-refractivity contribution is -0.122. The van der Waals surface area contributed by atoms with Crippen molar-refractivity contribution in [3.63, 3.8) is 0 Å². The van der Waals surface area contributed by atoms with Crippen molar-refractivity contribution >= 4 is 36.4 Å². The van der Waals surface area contributed by atoms with Crippen molar-refractivity contribution in [3.05, 3.63) is 66.0 Å². The van der Waals surface area contributed by atoms with Gasteiger partial charge >= 0.3 is 0 Å². The topological polar surface area (TPSA) is 99.9 Å². The summed E-state index contributed by atoms with van der Waals surface area (Å²) in [6.45, 7) is 2.06. The maximum atomic E-state index is 13.0. The van der Waals surface area contributed by atoms with E-state index in [1.54, 1.807) is 0 Å². The fourth-order valence-corrected chi connectivity index (χ4v) is 3.74. The first-order valence-corrected chi connectivity index (χ1v) is 10.0. The monoisotopic (exact) mass is 462 g/mol. The highest BCUT2D eigenvalue weighted by atomic mass is 35.5. The number of aromatic nitrogens is 3. The maximum Gasteiger partial charge on any atom is 0.241 e. The first kappa shape index (κ1) is 24.8. The zero-order valence-electron chi connectivity index (χ0n) is 17.2. The summed E-state index contributed by atoms with van der Waals surface area (Å²) in [7, 11) is 0. The van der Waals surface area contributed by atoms with Crippen molar-refractivity contribution in [1.29, 1.82) is 0 Å². The first-order chi connectivity index (χ1) is 14.2. The van der Waals surface area contributed by atoms with Gasteiger partial charge in [0.05, 0.1) is 12.6 Å². The molecule has 0 spiro atoms. The number of aromatic amines is 1. The summed E-state index contributed by atoms with van der Waals surface area (Å²) in [5.74, 6) is 1.30. The number of hydrogen-bond acceptors (Lipinski definition) is 5. The number of nitrogens with two attached hydrogens (primary N) is 1. The third-order valence-corrected chi connectivity index (χ3v) is 5.28. The number of hydrogen-bond donors (Lipinski definition) is 3. The summed E-state index contributed by atoms with van der Waals surface area (Å²) in [6, 6.07) is 17.8. The Kier molecular flexibility index (Phi) is 9.45. The Bertz CT molecular complexity index is 948. The molecule has 1 unspecified atom stereocenters. The van der Waals surface area contributed by atoms with E-state index in [9.17, 15) is 4.79 Å². The van der Waals surface area contributed by atoms with Gasteiger partial charge in [0.2, 0.25) is 5.91 Å². The second-order valence-electron chi connectivity index (χ2n) is 7.34. The molecular weight excluding hydrogens is 435 g/mol.